The van der Waals surface area contributed by atoms with E-state index in [-0.39, 0.29) is 0 Å². The highest BCUT2D eigenvalue weighted by Crippen LogP contribution is 2.18. The summed E-state index contributed by atoms with van der Waals surface area (Å²) in [7, 11) is 1.92. The van der Waals surface area contributed by atoms with Gasteiger partial charge in [0.25, 0.3) is 0 Å². The minimum atomic E-state index is 0.689. The molecule has 0 aliphatic carbocycles. The van der Waals surface area contributed by atoms with Crippen LogP contribution in [0.2, 0.25) is 0 Å². The largest absolute Gasteiger partial charge is 0.472 e. The Bertz CT molecular complexity index is 717. The van der Waals surface area contributed by atoms with Crippen LogP contribution in [0.4, 0.5) is 0 Å². The van der Waals surface area contributed by atoms with Crippen LogP contribution in [0.15, 0.2) is 23.0 Å². The summed E-state index contributed by atoms with van der Waals surface area (Å²) in [5.74, 6) is 0. The molecule has 17 heavy (non-hydrogen) atoms. The van der Waals surface area contributed by atoms with Crippen LogP contribution in [0, 0.1) is 11.7 Å². The van der Waals surface area contributed by atoms with Crippen molar-refractivity contribution in [3.63, 3.8) is 0 Å². The van der Waals surface area contributed by atoms with Gasteiger partial charge in [0.2, 0.25) is 0 Å². The molecular formula is C11H12N4OS. The van der Waals surface area contributed by atoms with E-state index in [1.54, 1.807) is 12.5 Å². The molecule has 0 fully saturated rings. The molecule has 1 N–H and O–H groups in total. The first-order valence-electron chi connectivity index (χ1n) is 5.30. The predicted octanol–water partition coefficient (Wildman–Crippen LogP) is 2.38. The molecule has 0 bridgehead atoms. The van der Waals surface area contributed by atoms with Gasteiger partial charge in [-0.2, -0.15) is 5.10 Å². The summed E-state index contributed by atoms with van der Waals surface area (Å²) in [4.78, 5) is 3.19. The van der Waals surface area contributed by atoms with Crippen molar-refractivity contribution in [2.75, 3.05) is 0 Å². The number of nitrogens with zero attached hydrogens (tertiary/aromatic N) is 3. The summed E-state index contributed by atoms with van der Waals surface area (Å²) in [5, 5.41) is 4.38. The summed E-state index contributed by atoms with van der Waals surface area (Å²) in [6, 6.07) is 1.93. The number of imidazole rings is 1. The maximum Gasteiger partial charge on any atom is 0.179 e. The SMILES string of the molecule is Cc1nn(C)c2c1[nH]c(=S)n2Cc1ccoc1. The van der Waals surface area contributed by atoms with E-state index >= 15 is 0 Å². The van der Waals surface area contributed by atoms with Crippen molar-refractivity contribution in [1.82, 2.24) is 19.3 Å². The fourth-order valence-electron chi connectivity index (χ4n) is 2.08. The zero-order valence-electron chi connectivity index (χ0n) is 9.60. The van der Waals surface area contributed by atoms with Crippen LogP contribution in [-0.2, 0) is 13.6 Å². The number of furan rings is 1. The number of aromatic nitrogens is 4. The zero-order chi connectivity index (χ0) is 12.0. The molecule has 0 saturated heterocycles. The third-order valence-corrected chi connectivity index (χ3v) is 3.17. The molecule has 5 nitrogen and oxygen atoms in total. The number of rotatable bonds is 2. The fourth-order valence-corrected chi connectivity index (χ4v) is 2.34. The van der Waals surface area contributed by atoms with E-state index in [0.29, 0.717) is 11.3 Å². The lowest BCUT2D eigenvalue weighted by Crippen LogP contribution is -2.03. The summed E-state index contributed by atoms with van der Waals surface area (Å²) in [6.45, 7) is 2.66. The minimum absolute atomic E-state index is 0.689. The second kappa shape index (κ2) is 3.59. The molecule has 0 amide bonds. The van der Waals surface area contributed by atoms with Gasteiger partial charge < -0.3 is 9.40 Å². The van der Waals surface area contributed by atoms with E-state index < -0.39 is 0 Å². The predicted molar refractivity (Wildman–Crippen MR) is 66.4 cm³/mol. The highest BCUT2D eigenvalue weighted by atomic mass is 32.1. The Morgan fingerprint density at radius 3 is 3.06 bits per heavy atom. The first-order chi connectivity index (χ1) is 8.16. The van der Waals surface area contributed by atoms with Crippen LogP contribution in [-0.4, -0.2) is 19.3 Å². The molecule has 3 aromatic heterocycles. The van der Waals surface area contributed by atoms with E-state index in [0.717, 1.165) is 22.4 Å². The van der Waals surface area contributed by atoms with Crippen LogP contribution < -0.4 is 0 Å². The van der Waals surface area contributed by atoms with Gasteiger partial charge in [0.05, 0.1) is 24.8 Å². The first kappa shape index (κ1) is 10.3. The highest BCUT2D eigenvalue weighted by molar-refractivity contribution is 7.71. The van der Waals surface area contributed by atoms with Crippen molar-refractivity contribution in [2.24, 2.45) is 7.05 Å². The van der Waals surface area contributed by atoms with Crippen molar-refractivity contribution in [3.8, 4) is 0 Å². The van der Waals surface area contributed by atoms with E-state index in [4.69, 9.17) is 16.6 Å². The van der Waals surface area contributed by atoms with Gasteiger partial charge in [-0.1, -0.05) is 0 Å². The summed E-state index contributed by atoms with van der Waals surface area (Å²) in [5.41, 5.74) is 4.05. The lowest BCUT2D eigenvalue weighted by atomic mass is 10.3. The van der Waals surface area contributed by atoms with E-state index in [1.165, 1.54) is 0 Å². The smallest absolute Gasteiger partial charge is 0.179 e. The molecule has 0 saturated carbocycles. The van der Waals surface area contributed by atoms with Crippen molar-refractivity contribution >= 4 is 23.4 Å². The fraction of sp³-hybridized carbons (Fsp3) is 0.273. The standard InChI is InChI=1S/C11H12N4OS/c1-7-9-10(14(2)13-7)15(11(17)12-9)5-8-3-4-16-6-8/h3-4,6H,5H2,1-2H3,(H,12,17). The second-order valence-electron chi connectivity index (χ2n) is 4.06. The van der Waals surface area contributed by atoms with Crippen LogP contribution in [0.5, 0.6) is 0 Å². The molecular weight excluding hydrogens is 236 g/mol. The van der Waals surface area contributed by atoms with Crippen LogP contribution in [0.1, 0.15) is 11.3 Å². The van der Waals surface area contributed by atoms with E-state index in [1.807, 2.05) is 29.3 Å². The quantitative estimate of drug-likeness (QED) is 0.708. The third kappa shape index (κ3) is 1.52. The topological polar surface area (TPSA) is 51.7 Å². The molecule has 0 unspecified atom stereocenters. The van der Waals surface area contributed by atoms with Gasteiger partial charge in [-0.05, 0) is 25.2 Å². The lowest BCUT2D eigenvalue weighted by Gasteiger charge is -2.02. The molecule has 0 aliphatic heterocycles. The van der Waals surface area contributed by atoms with Crippen LogP contribution >= 0.6 is 12.2 Å². The van der Waals surface area contributed by atoms with E-state index in [9.17, 15) is 0 Å². The summed E-state index contributed by atoms with van der Waals surface area (Å²) < 4.78 is 9.64. The average molecular weight is 248 g/mol. The number of fused-ring (bicyclic) bond motifs is 1. The van der Waals surface area contributed by atoms with Crippen LogP contribution in [0.25, 0.3) is 11.2 Å². The molecule has 3 rings (SSSR count). The zero-order valence-corrected chi connectivity index (χ0v) is 10.4. The number of nitrogens with one attached hydrogen (secondary N) is 1. The maximum absolute atomic E-state index is 5.33. The maximum atomic E-state index is 5.33. The minimum Gasteiger partial charge on any atom is -0.472 e. The van der Waals surface area contributed by atoms with Gasteiger partial charge in [0.1, 0.15) is 5.52 Å². The molecule has 0 aliphatic rings. The highest BCUT2D eigenvalue weighted by Gasteiger charge is 2.12. The molecule has 0 radical (unpaired) electrons. The van der Waals surface area contributed by atoms with Gasteiger partial charge in [0, 0.05) is 12.6 Å². The Kier molecular flexibility index (Phi) is 2.19. The molecule has 0 atom stereocenters. The third-order valence-electron chi connectivity index (χ3n) is 2.85. The van der Waals surface area contributed by atoms with Gasteiger partial charge in [-0.3, -0.25) is 9.25 Å². The number of aromatic amines is 1. The number of hydrogen-bond donors (Lipinski definition) is 1. The van der Waals surface area contributed by atoms with Crippen molar-refractivity contribution in [2.45, 2.75) is 13.5 Å². The molecule has 3 heterocycles. The van der Waals surface area contributed by atoms with Crippen molar-refractivity contribution in [1.29, 1.82) is 0 Å². The van der Waals surface area contributed by atoms with Gasteiger partial charge in [-0.15, -0.1) is 0 Å². The van der Waals surface area contributed by atoms with Gasteiger partial charge in [-0.25, -0.2) is 0 Å². The average Bonchev–Trinajstić information content (AvgIpc) is 2.93. The Morgan fingerprint density at radius 1 is 1.53 bits per heavy atom. The monoisotopic (exact) mass is 248 g/mol. The molecule has 88 valence electrons. The first-order valence-corrected chi connectivity index (χ1v) is 5.71. The van der Waals surface area contributed by atoms with Crippen LogP contribution in [0.3, 0.4) is 0 Å². The van der Waals surface area contributed by atoms with Crippen molar-refractivity contribution in [3.05, 3.63) is 34.6 Å². The second-order valence-corrected chi connectivity index (χ2v) is 4.44. The van der Waals surface area contributed by atoms with E-state index in [2.05, 4.69) is 10.1 Å². The molecule has 6 heteroatoms. The summed E-state index contributed by atoms with van der Waals surface area (Å²) in [6.07, 6.45) is 3.39. The Hall–Kier alpha value is -1.82. The molecule has 0 spiro atoms. The number of aryl methyl sites for hydroxylation is 2. The van der Waals surface area contributed by atoms with Gasteiger partial charge in [0.15, 0.2) is 10.4 Å². The Morgan fingerprint density at radius 2 is 2.35 bits per heavy atom. The van der Waals surface area contributed by atoms with Gasteiger partial charge >= 0.3 is 0 Å². The Labute approximate surface area is 103 Å². The summed E-state index contributed by atoms with van der Waals surface area (Å²) >= 11 is 5.33. The lowest BCUT2D eigenvalue weighted by molar-refractivity contribution is 0.562. The molecule has 3 aromatic rings. The van der Waals surface area contributed by atoms with Crippen molar-refractivity contribution < 1.29 is 4.42 Å². The normalized spacial score (nSPS) is 11.4. The number of hydrogen-bond acceptors (Lipinski definition) is 3. The molecule has 0 aromatic carbocycles. The Balaban J connectivity index is 2.21. The number of H-pyrrole nitrogens is 1.